The number of halogens is 4. The molecule has 0 unspecified atom stereocenters. The van der Waals surface area contributed by atoms with Gasteiger partial charge in [-0.1, -0.05) is 6.07 Å². The first kappa shape index (κ1) is 21.5. The van der Waals surface area contributed by atoms with Gasteiger partial charge in [0.05, 0.1) is 29.1 Å². The van der Waals surface area contributed by atoms with Crippen LogP contribution < -0.4 is 0 Å². The highest BCUT2D eigenvalue weighted by atomic mass is 19.4. The van der Waals surface area contributed by atoms with E-state index in [1.54, 1.807) is 43.8 Å². The van der Waals surface area contributed by atoms with Crippen molar-refractivity contribution in [3.05, 3.63) is 76.2 Å². The van der Waals surface area contributed by atoms with E-state index in [1.165, 1.54) is 0 Å². The summed E-state index contributed by atoms with van der Waals surface area (Å²) in [6.07, 6.45) is -4.57. The van der Waals surface area contributed by atoms with Crippen LogP contribution in [0.25, 0.3) is 11.3 Å². The zero-order valence-corrected chi connectivity index (χ0v) is 16.7. The van der Waals surface area contributed by atoms with Crippen molar-refractivity contribution in [2.45, 2.75) is 26.4 Å². The van der Waals surface area contributed by atoms with Gasteiger partial charge in [0, 0.05) is 19.0 Å². The van der Waals surface area contributed by atoms with Crippen molar-refractivity contribution >= 4 is 5.97 Å². The highest BCUT2D eigenvalue weighted by Crippen LogP contribution is 2.31. The van der Waals surface area contributed by atoms with Crippen LogP contribution in [-0.4, -0.2) is 22.4 Å². The molecule has 0 radical (unpaired) electrons. The van der Waals surface area contributed by atoms with E-state index in [2.05, 4.69) is 5.10 Å². The summed E-state index contributed by atoms with van der Waals surface area (Å²) in [4.78, 5) is 12.0. The number of esters is 1. The lowest BCUT2D eigenvalue weighted by Crippen LogP contribution is -2.07. The molecule has 0 bridgehead atoms. The summed E-state index contributed by atoms with van der Waals surface area (Å²) in [6, 6.07) is 9.44. The summed E-state index contributed by atoms with van der Waals surface area (Å²) in [7, 11) is 1.71. The largest absolute Gasteiger partial charge is 0.462 e. The molecule has 1 heterocycles. The molecule has 3 aromatic rings. The minimum absolute atomic E-state index is 0.0502. The summed E-state index contributed by atoms with van der Waals surface area (Å²) in [5, 5.41) is 4.34. The molecule has 0 atom stereocenters. The monoisotopic (exact) mass is 420 g/mol. The van der Waals surface area contributed by atoms with Crippen molar-refractivity contribution < 1.29 is 27.1 Å². The number of carbonyl (C=O) groups is 1. The average molecular weight is 420 g/mol. The van der Waals surface area contributed by atoms with Crippen molar-refractivity contribution in [3.63, 3.8) is 0 Å². The first-order valence-corrected chi connectivity index (χ1v) is 9.26. The molecule has 0 fully saturated rings. The number of nitrogens with zero attached hydrogens (tertiary/aromatic N) is 2. The van der Waals surface area contributed by atoms with E-state index < -0.39 is 23.5 Å². The summed E-state index contributed by atoms with van der Waals surface area (Å²) in [5.74, 6) is -1.35. The van der Waals surface area contributed by atoms with E-state index in [0.29, 0.717) is 17.3 Å². The Kier molecular flexibility index (Phi) is 5.96. The van der Waals surface area contributed by atoms with Crippen LogP contribution in [0.5, 0.6) is 0 Å². The van der Waals surface area contributed by atoms with E-state index in [9.17, 15) is 22.4 Å². The summed E-state index contributed by atoms with van der Waals surface area (Å²) in [5.41, 5.74) is 2.35. The molecule has 0 saturated heterocycles. The van der Waals surface area contributed by atoms with Gasteiger partial charge in [-0.2, -0.15) is 18.3 Å². The van der Waals surface area contributed by atoms with Gasteiger partial charge in [0.2, 0.25) is 0 Å². The number of benzene rings is 2. The molecule has 8 heteroatoms. The Morgan fingerprint density at radius 1 is 1.13 bits per heavy atom. The fraction of sp³-hybridized carbons (Fsp3) is 0.273. The fourth-order valence-corrected chi connectivity index (χ4v) is 3.27. The van der Waals surface area contributed by atoms with E-state index in [0.717, 1.165) is 29.0 Å². The second-order valence-electron chi connectivity index (χ2n) is 6.92. The second-order valence-corrected chi connectivity index (χ2v) is 6.92. The fourth-order valence-electron chi connectivity index (χ4n) is 3.27. The number of aryl methyl sites for hydroxylation is 2. The van der Waals surface area contributed by atoms with E-state index >= 15 is 0 Å². The summed E-state index contributed by atoms with van der Waals surface area (Å²) < 4.78 is 59.1. The molecule has 0 aliphatic heterocycles. The standard InChI is InChI=1S/C22H20F4N2O2/c1-4-30-21(29)19-6-5-15(7-13(19)2)20-12-18(27-28(20)3)10-14-8-16(22(24,25)26)11-17(23)9-14/h5-9,11-12H,4,10H2,1-3H3. The van der Waals surface area contributed by atoms with Gasteiger partial charge in [0.15, 0.2) is 0 Å². The number of rotatable bonds is 5. The van der Waals surface area contributed by atoms with Crippen LogP contribution in [0.2, 0.25) is 0 Å². The molecule has 0 amide bonds. The van der Waals surface area contributed by atoms with Crippen molar-refractivity contribution in [3.8, 4) is 11.3 Å². The molecule has 4 nitrogen and oxygen atoms in total. The van der Waals surface area contributed by atoms with E-state index in [1.807, 2.05) is 6.07 Å². The van der Waals surface area contributed by atoms with Gasteiger partial charge in [0.1, 0.15) is 5.82 Å². The van der Waals surface area contributed by atoms with Crippen molar-refractivity contribution in [1.29, 1.82) is 0 Å². The quantitative estimate of drug-likeness (QED) is 0.415. The van der Waals surface area contributed by atoms with Crippen LogP contribution in [0.3, 0.4) is 0 Å². The molecule has 2 aromatic carbocycles. The molecule has 0 aliphatic carbocycles. The Hall–Kier alpha value is -3.16. The highest BCUT2D eigenvalue weighted by molar-refractivity contribution is 5.91. The maximum absolute atomic E-state index is 13.6. The van der Waals surface area contributed by atoms with Gasteiger partial charge in [-0.15, -0.1) is 0 Å². The molecular formula is C22H20F4N2O2. The third-order valence-electron chi connectivity index (χ3n) is 4.62. The number of aromatic nitrogens is 2. The third-order valence-corrected chi connectivity index (χ3v) is 4.62. The lowest BCUT2D eigenvalue weighted by molar-refractivity contribution is -0.137. The first-order valence-electron chi connectivity index (χ1n) is 9.26. The SMILES string of the molecule is CCOC(=O)c1ccc(-c2cc(Cc3cc(F)cc(C(F)(F)F)c3)nn2C)cc1C. The molecular weight excluding hydrogens is 400 g/mol. The predicted molar refractivity (Wildman–Crippen MR) is 104 cm³/mol. The minimum Gasteiger partial charge on any atom is -0.462 e. The van der Waals surface area contributed by atoms with Gasteiger partial charge in [0.25, 0.3) is 0 Å². The van der Waals surface area contributed by atoms with Crippen molar-refractivity contribution in [2.24, 2.45) is 7.05 Å². The van der Waals surface area contributed by atoms with Crippen LogP contribution in [0, 0.1) is 12.7 Å². The Morgan fingerprint density at radius 3 is 2.50 bits per heavy atom. The van der Waals surface area contributed by atoms with Crippen LogP contribution >= 0.6 is 0 Å². The number of carbonyl (C=O) groups excluding carboxylic acids is 1. The normalized spacial score (nSPS) is 11.6. The van der Waals surface area contributed by atoms with Gasteiger partial charge >= 0.3 is 12.1 Å². The smallest absolute Gasteiger partial charge is 0.416 e. The average Bonchev–Trinajstić information content (AvgIpc) is 3.00. The van der Waals surface area contributed by atoms with Gasteiger partial charge in [-0.3, -0.25) is 4.68 Å². The molecule has 0 aliphatic rings. The Labute approximate surface area is 171 Å². The zero-order chi connectivity index (χ0) is 22.1. The van der Waals surface area contributed by atoms with Gasteiger partial charge in [-0.25, -0.2) is 9.18 Å². The van der Waals surface area contributed by atoms with Gasteiger partial charge in [-0.05, 0) is 61.4 Å². The number of alkyl halides is 3. The van der Waals surface area contributed by atoms with Crippen LogP contribution in [0.4, 0.5) is 17.6 Å². The minimum atomic E-state index is -4.62. The first-order chi connectivity index (χ1) is 14.1. The Bertz CT molecular complexity index is 1090. The molecule has 30 heavy (non-hydrogen) atoms. The van der Waals surface area contributed by atoms with Gasteiger partial charge < -0.3 is 4.74 Å². The third kappa shape index (κ3) is 4.69. The zero-order valence-electron chi connectivity index (χ0n) is 16.7. The lowest BCUT2D eigenvalue weighted by atomic mass is 10.0. The molecule has 3 rings (SSSR count). The van der Waals surface area contributed by atoms with E-state index in [-0.39, 0.29) is 18.6 Å². The van der Waals surface area contributed by atoms with Crippen LogP contribution in [0.1, 0.15) is 39.7 Å². The molecule has 158 valence electrons. The molecule has 1 aromatic heterocycles. The van der Waals surface area contributed by atoms with E-state index in [4.69, 9.17) is 4.74 Å². The maximum atomic E-state index is 13.6. The highest BCUT2D eigenvalue weighted by Gasteiger charge is 2.31. The second kappa shape index (κ2) is 8.30. The maximum Gasteiger partial charge on any atom is 0.416 e. The molecule has 0 N–H and O–H groups in total. The molecule has 0 saturated carbocycles. The number of ether oxygens (including phenoxy) is 1. The number of hydrogen-bond acceptors (Lipinski definition) is 3. The Balaban J connectivity index is 1.89. The summed E-state index contributed by atoms with van der Waals surface area (Å²) in [6.45, 7) is 3.80. The molecule has 0 spiro atoms. The summed E-state index contributed by atoms with van der Waals surface area (Å²) >= 11 is 0. The Morgan fingerprint density at radius 2 is 1.87 bits per heavy atom. The number of hydrogen-bond donors (Lipinski definition) is 0. The van der Waals surface area contributed by atoms with Crippen molar-refractivity contribution in [1.82, 2.24) is 9.78 Å². The lowest BCUT2D eigenvalue weighted by Gasteiger charge is -2.08. The van der Waals surface area contributed by atoms with Crippen LogP contribution in [-0.2, 0) is 24.4 Å². The van der Waals surface area contributed by atoms with Crippen LogP contribution in [0.15, 0.2) is 42.5 Å². The van der Waals surface area contributed by atoms with Crippen molar-refractivity contribution in [2.75, 3.05) is 6.61 Å². The topological polar surface area (TPSA) is 44.1 Å². The predicted octanol–water partition coefficient (Wildman–Crippen LogP) is 5.32.